The number of esters is 1. The van der Waals surface area contributed by atoms with Gasteiger partial charge in [0.05, 0.1) is 22.3 Å². The minimum absolute atomic E-state index is 0.0202. The van der Waals surface area contributed by atoms with E-state index < -0.39 is 22.9 Å². The summed E-state index contributed by atoms with van der Waals surface area (Å²) in [5.74, 6) is -0.0718. The first-order valence-corrected chi connectivity index (χ1v) is 19.5. The molecule has 0 aliphatic heterocycles. The number of hydrogen-bond acceptors (Lipinski definition) is 6. The lowest BCUT2D eigenvalue weighted by Crippen LogP contribution is -2.67. The van der Waals surface area contributed by atoms with Gasteiger partial charge in [-0.3, -0.25) is 19.2 Å². The molecule has 3 unspecified atom stereocenters. The maximum atomic E-state index is 13.9. The lowest BCUT2D eigenvalue weighted by atomic mass is 9.33. The Balaban J connectivity index is 1.30. The minimum atomic E-state index is -1.16. The Morgan fingerprint density at radius 3 is 2.27 bits per heavy atom. The molecule has 1 amide bonds. The van der Waals surface area contributed by atoms with Crippen LogP contribution in [0.1, 0.15) is 141 Å². The fraction of sp³-hybridized carbons (Fsp3) is 0.756. The van der Waals surface area contributed by atoms with Crippen molar-refractivity contribution in [1.29, 1.82) is 0 Å². The highest BCUT2D eigenvalue weighted by molar-refractivity contribution is 7.13. The van der Waals surface area contributed by atoms with Gasteiger partial charge < -0.3 is 15.2 Å². The molecular weight excluding hydrogens is 635 g/mol. The van der Waals surface area contributed by atoms with E-state index in [0.29, 0.717) is 23.1 Å². The van der Waals surface area contributed by atoms with Crippen LogP contribution in [-0.2, 0) is 19.1 Å². The Morgan fingerprint density at radius 2 is 1.65 bits per heavy atom. The van der Waals surface area contributed by atoms with E-state index in [2.05, 4.69) is 53.8 Å². The van der Waals surface area contributed by atoms with Crippen LogP contribution in [0.25, 0.3) is 0 Å². The Labute approximate surface area is 297 Å². The summed E-state index contributed by atoms with van der Waals surface area (Å²) in [6, 6.07) is 3.89. The lowest BCUT2D eigenvalue weighted by Gasteiger charge is -2.72. The molecular formula is C41H59NO6S. The first kappa shape index (κ1) is 36.3. The number of allylic oxidation sites excluding steroid dienone is 1. The predicted molar refractivity (Wildman–Crippen MR) is 192 cm³/mol. The van der Waals surface area contributed by atoms with Crippen LogP contribution in [0.15, 0.2) is 23.3 Å². The van der Waals surface area contributed by atoms with Crippen LogP contribution in [0.5, 0.6) is 0 Å². The number of aryl methyl sites for hydroxylation is 1. The molecule has 1 aromatic heterocycles. The van der Waals surface area contributed by atoms with E-state index in [-0.39, 0.29) is 57.7 Å². The second-order valence-corrected chi connectivity index (χ2v) is 20.1. The van der Waals surface area contributed by atoms with Crippen molar-refractivity contribution in [3.8, 4) is 0 Å². The smallest absolute Gasteiger partial charge is 0.309 e. The van der Waals surface area contributed by atoms with Gasteiger partial charge in [-0.15, -0.1) is 11.3 Å². The average molecular weight is 694 g/mol. The lowest BCUT2D eigenvalue weighted by molar-refractivity contribution is -0.232. The number of nitrogens with one attached hydrogen (secondary N) is 1. The highest BCUT2D eigenvalue weighted by Gasteiger charge is 2.70. The van der Waals surface area contributed by atoms with Gasteiger partial charge in [0.25, 0.3) is 5.91 Å². The Kier molecular flexibility index (Phi) is 8.73. The van der Waals surface area contributed by atoms with E-state index in [9.17, 15) is 24.3 Å². The Morgan fingerprint density at radius 1 is 0.959 bits per heavy atom. The first-order chi connectivity index (χ1) is 22.6. The fourth-order valence-corrected chi connectivity index (χ4v) is 13.2. The van der Waals surface area contributed by atoms with Crippen LogP contribution in [0.2, 0.25) is 0 Å². The molecule has 1 heterocycles. The third-order valence-electron chi connectivity index (χ3n) is 15.1. The van der Waals surface area contributed by atoms with Crippen LogP contribution < -0.4 is 5.32 Å². The summed E-state index contributed by atoms with van der Waals surface area (Å²) in [6.07, 6.45) is 7.71. The van der Waals surface area contributed by atoms with Gasteiger partial charge in [0, 0.05) is 16.7 Å². The van der Waals surface area contributed by atoms with Gasteiger partial charge in [-0.1, -0.05) is 48.5 Å². The number of carbonyl (C=O) groups is 4. The standard InChI is InChI=1S/C41H59NO6S/c1-23(2)32-26(43)21-41(42-34(45)27-13-11-24(3)49-27)20-19-39(9)25(33(32)41)12-14-29-38(8)17-16-30(48-31(44)22-36(4,5)35(46)47)37(6,7)28(38)15-18-40(29,39)10/h11,13,23,25,28-30H,12,14-22H2,1-10H3,(H,42,45)(H,46,47)/t25?,28?,29?,30-,38-,39+,40+,41+/m0/s1. The number of ketones is 1. The topological polar surface area (TPSA) is 110 Å². The van der Waals surface area contributed by atoms with Crippen molar-refractivity contribution in [2.75, 3.05) is 0 Å². The number of hydrogen-bond donors (Lipinski definition) is 2. The monoisotopic (exact) mass is 693 g/mol. The highest BCUT2D eigenvalue weighted by Crippen LogP contribution is 2.76. The zero-order chi connectivity index (χ0) is 36.1. The molecule has 6 rings (SSSR count). The van der Waals surface area contributed by atoms with Crippen molar-refractivity contribution in [3.63, 3.8) is 0 Å². The fourth-order valence-electron chi connectivity index (χ4n) is 12.4. The van der Waals surface area contributed by atoms with Gasteiger partial charge in [-0.2, -0.15) is 0 Å². The van der Waals surface area contributed by atoms with Crippen LogP contribution in [0.3, 0.4) is 0 Å². The molecule has 49 heavy (non-hydrogen) atoms. The Bertz CT molecular complexity index is 1600. The second-order valence-electron chi connectivity index (χ2n) is 18.8. The van der Waals surface area contributed by atoms with E-state index in [1.165, 1.54) is 16.9 Å². The maximum Gasteiger partial charge on any atom is 0.309 e. The van der Waals surface area contributed by atoms with E-state index in [1.807, 2.05) is 19.1 Å². The molecule has 0 bridgehead atoms. The SMILES string of the molecule is Cc1ccc(C(=O)N[C@@]23CC[C@]4(C)C(CCC5[C@@]6(C)CC[C@H](OC(=O)CC(C)(C)C(=O)O)C(C)(C)C6CC[C@]54C)C2=C(C(C)C)C(=O)C3)s1. The molecule has 0 saturated heterocycles. The number of carboxylic acids is 1. The molecule has 4 fully saturated rings. The summed E-state index contributed by atoms with van der Waals surface area (Å²) in [7, 11) is 0. The van der Waals surface area contributed by atoms with E-state index in [1.54, 1.807) is 13.8 Å². The van der Waals surface area contributed by atoms with Gasteiger partial charge >= 0.3 is 11.9 Å². The first-order valence-electron chi connectivity index (χ1n) is 18.7. The summed E-state index contributed by atoms with van der Waals surface area (Å²) in [4.78, 5) is 54.2. The zero-order valence-electron chi connectivity index (χ0n) is 31.5. The van der Waals surface area contributed by atoms with E-state index in [4.69, 9.17) is 4.74 Å². The van der Waals surface area contributed by atoms with E-state index in [0.717, 1.165) is 61.8 Å². The number of fused-ring (bicyclic) bond motifs is 7. The van der Waals surface area contributed by atoms with Crippen LogP contribution >= 0.6 is 11.3 Å². The third kappa shape index (κ3) is 5.39. The molecule has 270 valence electrons. The van der Waals surface area contributed by atoms with Crippen molar-refractivity contribution in [2.45, 2.75) is 145 Å². The van der Waals surface area contributed by atoms with Crippen molar-refractivity contribution < 1.29 is 29.0 Å². The molecule has 0 aromatic carbocycles. The van der Waals surface area contributed by atoms with Crippen molar-refractivity contribution in [1.82, 2.24) is 5.32 Å². The number of Topliss-reactive ketones (excluding diaryl/α,β-unsaturated/α-hetero) is 1. The van der Waals surface area contributed by atoms with Crippen LogP contribution in [-0.4, -0.2) is 40.4 Å². The number of carbonyl (C=O) groups excluding carboxylic acids is 3. The van der Waals surface area contributed by atoms with Gasteiger partial charge in [0.2, 0.25) is 0 Å². The maximum absolute atomic E-state index is 13.9. The normalized spacial score (nSPS) is 38.3. The summed E-state index contributed by atoms with van der Waals surface area (Å²) >= 11 is 1.51. The molecule has 4 saturated carbocycles. The second kappa shape index (κ2) is 11.8. The number of rotatable bonds is 7. The highest BCUT2D eigenvalue weighted by atomic mass is 32.1. The van der Waals surface area contributed by atoms with Crippen LogP contribution in [0, 0.1) is 57.7 Å². The van der Waals surface area contributed by atoms with Crippen molar-refractivity contribution in [2.24, 2.45) is 50.7 Å². The van der Waals surface area contributed by atoms with Gasteiger partial charge in [0.15, 0.2) is 5.78 Å². The Hall–Kier alpha value is -2.48. The molecule has 1 aromatic rings. The molecule has 2 N–H and O–H groups in total. The average Bonchev–Trinajstić information content (AvgIpc) is 3.55. The number of amides is 1. The van der Waals surface area contributed by atoms with Crippen molar-refractivity contribution >= 4 is 35.0 Å². The molecule has 8 atom stereocenters. The van der Waals surface area contributed by atoms with Gasteiger partial charge in [-0.05, 0) is 135 Å². The van der Waals surface area contributed by atoms with Crippen molar-refractivity contribution in [3.05, 3.63) is 33.0 Å². The largest absolute Gasteiger partial charge is 0.481 e. The molecule has 8 heteroatoms. The molecule has 0 spiro atoms. The van der Waals surface area contributed by atoms with E-state index >= 15 is 0 Å². The zero-order valence-corrected chi connectivity index (χ0v) is 32.3. The molecule has 5 aliphatic rings. The summed E-state index contributed by atoms with van der Waals surface area (Å²) in [5, 5.41) is 13.1. The molecule has 7 nitrogen and oxygen atoms in total. The van der Waals surface area contributed by atoms with Crippen LogP contribution in [0.4, 0.5) is 0 Å². The minimum Gasteiger partial charge on any atom is -0.481 e. The predicted octanol–water partition coefficient (Wildman–Crippen LogP) is 8.93. The number of aliphatic carboxylic acids is 1. The summed E-state index contributed by atoms with van der Waals surface area (Å²) < 4.78 is 6.15. The quantitative estimate of drug-likeness (QED) is 0.276. The molecule has 5 aliphatic carbocycles. The number of carboxylic acid groups (broad SMARTS) is 1. The number of thiophene rings is 1. The third-order valence-corrected chi connectivity index (χ3v) is 16.1. The molecule has 0 radical (unpaired) electrons. The van der Waals surface area contributed by atoms with Gasteiger partial charge in [0.1, 0.15) is 6.10 Å². The number of ether oxygens (including phenoxy) is 1. The van der Waals surface area contributed by atoms with Gasteiger partial charge in [-0.25, -0.2) is 0 Å². The summed E-state index contributed by atoms with van der Waals surface area (Å²) in [5.41, 5.74) is 0.287. The summed E-state index contributed by atoms with van der Waals surface area (Å²) in [6.45, 7) is 21.6.